The number of aryl methyl sites for hydroxylation is 1. The summed E-state index contributed by atoms with van der Waals surface area (Å²) in [6, 6.07) is 25.0. The van der Waals surface area contributed by atoms with Crippen molar-refractivity contribution in [2.24, 2.45) is 0 Å². The Morgan fingerprint density at radius 3 is 2.19 bits per heavy atom. The van der Waals surface area contributed by atoms with E-state index in [9.17, 15) is 22.4 Å². The molecule has 0 aliphatic rings. The van der Waals surface area contributed by atoms with Gasteiger partial charge in [0.15, 0.2) is 0 Å². The fourth-order valence-corrected chi connectivity index (χ4v) is 7.09. The van der Waals surface area contributed by atoms with Crippen LogP contribution in [0.4, 0.5) is 10.1 Å². The SMILES string of the molecule is CCC(C)NC(=O)C(Cc1ccccc1)N(Cc1ccc(F)cc1)C(=O)CN(c1ccc(C)cc1)S(=O)(=O)c1ccc(OC)c(Br)c1. The molecule has 0 aliphatic heterocycles. The lowest BCUT2D eigenvalue weighted by Gasteiger charge is -2.34. The summed E-state index contributed by atoms with van der Waals surface area (Å²) in [6.45, 7) is 5.05. The van der Waals surface area contributed by atoms with Crippen molar-refractivity contribution >= 4 is 43.5 Å². The van der Waals surface area contributed by atoms with Crippen LogP contribution in [-0.2, 0) is 32.6 Å². The number of amides is 2. The van der Waals surface area contributed by atoms with Crippen LogP contribution >= 0.6 is 15.9 Å². The number of methoxy groups -OCH3 is 1. The Hall–Kier alpha value is -4.22. The fraction of sp³-hybridized carbons (Fsp3) is 0.278. The normalized spacial score (nSPS) is 12.6. The Balaban J connectivity index is 1.81. The molecule has 4 aromatic rings. The molecule has 2 atom stereocenters. The quantitative estimate of drug-likeness (QED) is 0.157. The minimum absolute atomic E-state index is 0.0551. The molecule has 0 aromatic heterocycles. The Morgan fingerprint density at radius 2 is 1.60 bits per heavy atom. The minimum atomic E-state index is -4.30. The van der Waals surface area contributed by atoms with Gasteiger partial charge in [-0.3, -0.25) is 13.9 Å². The second-order valence-electron chi connectivity index (χ2n) is 11.3. The number of hydrogen-bond donors (Lipinski definition) is 1. The highest BCUT2D eigenvalue weighted by Gasteiger charge is 2.35. The minimum Gasteiger partial charge on any atom is -0.496 e. The molecule has 11 heteroatoms. The maximum absolute atomic E-state index is 14.5. The lowest BCUT2D eigenvalue weighted by Crippen LogP contribution is -2.54. The van der Waals surface area contributed by atoms with Gasteiger partial charge in [-0.25, -0.2) is 12.8 Å². The molecule has 1 N–H and O–H groups in total. The van der Waals surface area contributed by atoms with Gasteiger partial charge >= 0.3 is 0 Å². The molecule has 0 fully saturated rings. The zero-order chi connectivity index (χ0) is 34.1. The van der Waals surface area contributed by atoms with Crippen molar-refractivity contribution in [3.8, 4) is 5.75 Å². The van der Waals surface area contributed by atoms with E-state index in [-0.39, 0.29) is 35.5 Å². The molecule has 2 amide bonds. The largest absolute Gasteiger partial charge is 0.496 e. The highest BCUT2D eigenvalue weighted by molar-refractivity contribution is 9.10. The Labute approximate surface area is 284 Å². The molecule has 0 heterocycles. The molecule has 0 aliphatic carbocycles. The summed E-state index contributed by atoms with van der Waals surface area (Å²) in [4.78, 5) is 29.8. The Kier molecular flexibility index (Phi) is 12.2. The molecular formula is C36H39BrFN3O5S. The van der Waals surface area contributed by atoms with Crippen molar-refractivity contribution in [2.75, 3.05) is 18.0 Å². The van der Waals surface area contributed by atoms with E-state index in [1.165, 1.54) is 42.3 Å². The molecule has 0 saturated heterocycles. The summed E-state index contributed by atoms with van der Waals surface area (Å²) in [7, 11) is -2.82. The van der Waals surface area contributed by atoms with E-state index in [2.05, 4.69) is 21.2 Å². The predicted octanol–water partition coefficient (Wildman–Crippen LogP) is 6.66. The number of benzene rings is 4. The molecule has 0 bridgehead atoms. The van der Waals surface area contributed by atoms with Crippen LogP contribution in [-0.4, -0.2) is 50.9 Å². The first-order chi connectivity index (χ1) is 22.4. The molecular weight excluding hydrogens is 685 g/mol. The molecule has 2 unspecified atom stereocenters. The molecule has 4 rings (SSSR count). The maximum Gasteiger partial charge on any atom is 0.264 e. The van der Waals surface area contributed by atoms with E-state index in [1.54, 1.807) is 36.4 Å². The Morgan fingerprint density at radius 1 is 0.936 bits per heavy atom. The average Bonchev–Trinajstić information content (AvgIpc) is 3.06. The third kappa shape index (κ3) is 9.20. The summed E-state index contributed by atoms with van der Waals surface area (Å²) in [5.74, 6) is -0.971. The number of rotatable bonds is 14. The summed E-state index contributed by atoms with van der Waals surface area (Å²) < 4.78 is 49.2. The monoisotopic (exact) mass is 723 g/mol. The molecule has 8 nitrogen and oxygen atoms in total. The molecule has 4 aromatic carbocycles. The third-order valence-corrected chi connectivity index (χ3v) is 10.2. The van der Waals surface area contributed by atoms with E-state index in [0.717, 1.165) is 15.4 Å². The van der Waals surface area contributed by atoms with E-state index in [0.29, 0.717) is 22.2 Å². The summed E-state index contributed by atoms with van der Waals surface area (Å²) >= 11 is 3.37. The number of hydrogen-bond acceptors (Lipinski definition) is 5. The smallest absolute Gasteiger partial charge is 0.264 e. The number of sulfonamides is 1. The van der Waals surface area contributed by atoms with Gasteiger partial charge in [0.05, 0.1) is 22.2 Å². The number of carbonyl (C=O) groups is 2. The van der Waals surface area contributed by atoms with Crippen LogP contribution in [0, 0.1) is 12.7 Å². The number of anilines is 1. The highest BCUT2D eigenvalue weighted by atomic mass is 79.9. The van der Waals surface area contributed by atoms with Gasteiger partial charge in [0.25, 0.3) is 10.0 Å². The van der Waals surface area contributed by atoms with Crippen LogP contribution in [0.2, 0.25) is 0 Å². The van der Waals surface area contributed by atoms with Gasteiger partial charge in [0.2, 0.25) is 11.8 Å². The van der Waals surface area contributed by atoms with Crippen molar-refractivity contribution in [3.05, 3.63) is 124 Å². The van der Waals surface area contributed by atoms with Crippen LogP contribution in [0.25, 0.3) is 0 Å². The fourth-order valence-electron chi connectivity index (χ4n) is 4.96. The van der Waals surface area contributed by atoms with Crippen LogP contribution < -0.4 is 14.4 Å². The van der Waals surface area contributed by atoms with E-state index >= 15 is 0 Å². The molecule has 0 radical (unpaired) electrons. The van der Waals surface area contributed by atoms with Crippen molar-refractivity contribution < 1.29 is 27.1 Å². The summed E-state index contributed by atoms with van der Waals surface area (Å²) in [6.07, 6.45) is 0.853. The average molecular weight is 725 g/mol. The molecule has 47 heavy (non-hydrogen) atoms. The number of halogens is 2. The van der Waals surface area contributed by atoms with Crippen LogP contribution in [0.1, 0.15) is 37.0 Å². The standard InChI is InChI=1S/C36H39BrFN3O5S/c1-5-26(3)39-36(43)33(21-27-9-7-6-8-10-27)40(23-28-13-15-29(38)16-14-28)35(42)24-41(30-17-11-25(2)12-18-30)47(44,45)31-19-20-34(46-4)32(37)22-31/h6-20,22,26,33H,5,21,23-24H2,1-4H3,(H,39,43). The lowest BCUT2D eigenvalue weighted by molar-refractivity contribution is -0.140. The molecule has 0 spiro atoms. The predicted molar refractivity (Wildman–Crippen MR) is 185 cm³/mol. The maximum atomic E-state index is 14.5. The number of carbonyl (C=O) groups excluding carboxylic acids is 2. The summed E-state index contributed by atoms with van der Waals surface area (Å²) in [5, 5.41) is 3.00. The van der Waals surface area contributed by atoms with Crippen molar-refractivity contribution in [1.82, 2.24) is 10.2 Å². The first-order valence-electron chi connectivity index (χ1n) is 15.2. The topological polar surface area (TPSA) is 96.0 Å². The molecule has 0 saturated carbocycles. The van der Waals surface area contributed by atoms with Gasteiger partial charge < -0.3 is 15.0 Å². The van der Waals surface area contributed by atoms with Gasteiger partial charge in [-0.1, -0.05) is 67.1 Å². The zero-order valence-electron chi connectivity index (χ0n) is 26.8. The van der Waals surface area contributed by atoms with Crippen LogP contribution in [0.5, 0.6) is 5.75 Å². The van der Waals surface area contributed by atoms with Crippen molar-refractivity contribution in [1.29, 1.82) is 0 Å². The van der Waals surface area contributed by atoms with Gasteiger partial charge in [0.1, 0.15) is 24.2 Å². The van der Waals surface area contributed by atoms with Crippen LogP contribution in [0.15, 0.2) is 106 Å². The first-order valence-corrected chi connectivity index (χ1v) is 17.5. The number of nitrogens with one attached hydrogen (secondary N) is 1. The second kappa shape index (κ2) is 16.1. The van der Waals surface area contributed by atoms with Crippen molar-refractivity contribution in [2.45, 2.75) is 57.1 Å². The lowest BCUT2D eigenvalue weighted by atomic mass is 10.0. The van der Waals surface area contributed by atoms with Crippen LogP contribution in [0.3, 0.4) is 0 Å². The second-order valence-corrected chi connectivity index (χ2v) is 14.0. The van der Waals surface area contributed by atoms with E-state index in [1.807, 2.05) is 51.1 Å². The van der Waals surface area contributed by atoms with Gasteiger partial charge in [-0.2, -0.15) is 0 Å². The number of nitrogens with zero attached hydrogens (tertiary/aromatic N) is 2. The van der Waals surface area contributed by atoms with Crippen molar-refractivity contribution in [3.63, 3.8) is 0 Å². The third-order valence-electron chi connectivity index (χ3n) is 7.85. The van der Waals surface area contributed by atoms with Gasteiger partial charge in [0, 0.05) is 19.0 Å². The number of ether oxygens (including phenoxy) is 1. The zero-order valence-corrected chi connectivity index (χ0v) is 29.2. The van der Waals surface area contributed by atoms with Gasteiger partial charge in [-0.05, 0) is 89.8 Å². The molecule has 248 valence electrons. The van der Waals surface area contributed by atoms with E-state index in [4.69, 9.17) is 4.74 Å². The summed E-state index contributed by atoms with van der Waals surface area (Å²) in [5.41, 5.74) is 2.59. The van der Waals surface area contributed by atoms with E-state index < -0.39 is 34.3 Å². The first kappa shape index (κ1) is 35.6. The Bertz CT molecular complexity index is 1770. The highest BCUT2D eigenvalue weighted by Crippen LogP contribution is 2.31. The van der Waals surface area contributed by atoms with Gasteiger partial charge in [-0.15, -0.1) is 0 Å².